The Balaban J connectivity index is 1.84. The normalized spacial score (nSPS) is 11.0. The van der Waals surface area contributed by atoms with Gasteiger partial charge in [-0.3, -0.25) is 4.79 Å². The first-order valence-electron chi connectivity index (χ1n) is 8.33. The molecule has 0 aliphatic carbocycles. The number of benzene rings is 2. The van der Waals surface area contributed by atoms with Crippen LogP contribution in [0.1, 0.15) is 6.92 Å². The fraction of sp³-hybridized carbons (Fsp3) is 0.150. The smallest absolute Gasteiger partial charge is 0.263 e. The maximum absolute atomic E-state index is 12.8. The van der Waals surface area contributed by atoms with Gasteiger partial charge in [0.05, 0.1) is 17.7 Å². The molecule has 0 spiro atoms. The Morgan fingerprint density at radius 1 is 1.08 bits per heavy atom. The van der Waals surface area contributed by atoms with E-state index in [4.69, 9.17) is 9.26 Å². The molecule has 6 heteroatoms. The zero-order valence-electron chi connectivity index (χ0n) is 14.5. The number of aryl methyl sites for hydroxylation is 1. The van der Waals surface area contributed by atoms with E-state index in [1.165, 1.54) is 0 Å². The van der Waals surface area contributed by atoms with Crippen LogP contribution in [0.15, 0.2) is 64.0 Å². The predicted molar refractivity (Wildman–Crippen MR) is 99.1 cm³/mol. The number of ether oxygens (including phenoxy) is 1. The molecule has 0 N–H and O–H groups in total. The predicted octanol–water partition coefficient (Wildman–Crippen LogP) is 3.65. The zero-order valence-corrected chi connectivity index (χ0v) is 14.5. The SMILES string of the molecule is CCOc1ccccc1-c1noc(-c2cn(C)c3ccccc3c2=O)n1. The number of nitrogens with zero attached hydrogens (tertiary/aromatic N) is 3. The second-order valence-electron chi connectivity index (χ2n) is 5.85. The number of pyridine rings is 1. The molecule has 2 heterocycles. The maximum Gasteiger partial charge on any atom is 0.263 e. The summed E-state index contributed by atoms with van der Waals surface area (Å²) < 4.78 is 12.9. The van der Waals surface area contributed by atoms with Gasteiger partial charge in [0.1, 0.15) is 11.3 Å². The number of rotatable bonds is 4. The lowest BCUT2D eigenvalue weighted by Crippen LogP contribution is -2.10. The van der Waals surface area contributed by atoms with Gasteiger partial charge in [-0.25, -0.2) is 0 Å². The highest BCUT2D eigenvalue weighted by Crippen LogP contribution is 2.29. The summed E-state index contributed by atoms with van der Waals surface area (Å²) in [6.07, 6.45) is 1.72. The molecule has 4 aromatic rings. The summed E-state index contributed by atoms with van der Waals surface area (Å²) in [7, 11) is 1.88. The van der Waals surface area contributed by atoms with Crippen molar-refractivity contribution in [3.05, 3.63) is 65.0 Å². The van der Waals surface area contributed by atoms with Gasteiger partial charge in [-0.2, -0.15) is 4.98 Å². The molecule has 0 aliphatic rings. The van der Waals surface area contributed by atoms with Crippen molar-refractivity contribution in [1.82, 2.24) is 14.7 Å². The van der Waals surface area contributed by atoms with Crippen LogP contribution < -0.4 is 10.2 Å². The highest BCUT2D eigenvalue weighted by molar-refractivity contribution is 5.82. The molecule has 130 valence electrons. The lowest BCUT2D eigenvalue weighted by molar-refractivity contribution is 0.341. The van der Waals surface area contributed by atoms with Gasteiger partial charge in [0, 0.05) is 18.6 Å². The van der Waals surface area contributed by atoms with Gasteiger partial charge in [-0.05, 0) is 31.2 Å². The zero-order chi connectivity index (χ0) is 18.1. The Morgan fingerprint density at radius 2 is 1.85 bits per heavy atom. The third-order valence-electron chi connectivity index (χ3n) is 4.18. The molecule has 0 aliphatic heterocycles. The molecule has 0 radical (unpaired) electrons. The number of fused-ring (bicyclic) bond motifs is 1. The summed E-state index contributed by atoms with van der Waals surface area (Å²) in [4.78, 5) is 17.3. The van der Waals surface area contributed by atoms with Gasteiger partial charge in [0.25, 0.3) is 5.89 Å². The van der Waals surface area contributed by atoms with Gasteiger partial charge >= 0.3 is 0 Å². The molecular formula is C20H17N3O3. The average molecular weight is 347 g/mol. The molecule has 0 saturated heterocycles. The Labute approximate surface area is 149 Å². The number of hydrogen-bond acceptors (Lipinski definition) is 5. The topological polar surface area (TPSA) is 70.2 Å². The van der Waals surface area contributed by atoms with Crippen LogP contribution in [0, 0.1) is 0 Å². The fourth-order valence-electron chi connectivity index (χ4n) is 2.97. The minimum atomic E-state index is -0.132. The lowest BCUT2D eigenvalue weighted by atomic mass is 10.1. The van der Waals surface area contributed by atoms with E-state index in [1.54, 1.807) is 12.3 Å². The molecule has 2 aromatic heterocycles. The van der Waals surface area contributed by atoms with Crippen LogP contribution in [0.25, 0.3) is 33.7 Å². The van der Waals surface area contributed by atoms with Crippen LogP contribution in [0.3, 0.4) is 0 Å². The quantitative estimate of drug-likeness (QED) is 0.563. The monoisotopic (exact) mass is 347 g/mol. The van der Waals surface area contributed by atoms with Gasteiger partial charge in [0.15, 0.2) is 0 Å². The molecule has 4 rings (SSSR count). The molecule has 2 aromatic carbocycles. The van der Waals surface area contributed by atoms with Crippen molar-refractivity contribution < 1.29 is 9.26 Å². The van der Waals surface area contributed by atoms with E-state index in [0.717, 1.165) is 11.1 Å². The number of para-hydroxylation sites is 2. The van der Waals surface area contributed by atoms with Crippen molar-refractivity contribution in [2.45, 2.75) is 6.92 Å². The van der Waals surface area contributed by atoms with Crippen LogP contribution in [-0.4, -0.2) is 21.3 Å². The number of hydrogen-bond donors (Lipinski definition) is 0. The molecule has 0 fully saturated rings. The van der Waals surface area contributed by atoms with Gasteiger partial charge in [0.2, 0.25) is 11.3 Å². The average Bonchev–Trinajstić information content (AvgIpc) is 3.15. The molecule has 26 heavy (non-hydrogen) atoms. The lowest BCUT2D eigenvalue weighted by Gasteiger charge is -2.06. The third kappa shape index (κ3) is 2.65. The van der Waals surface area contributed by atoms with Crippen molar-refractivity contribution in [3.63, 3.8) is 0 Å². The second-order valence-corrected chi connectivity index (χ2v) is 5.85. The summed E-state index contributed by atoms with van der Waals surface area (Å²) in [5, 5.41) is 4.66. The maximum atomic E-state index is 12.8. The Hall–Kier alpha value is -3.41. The summed E-state index contributed by atoms with van der Waals surface area (Å²) in [5.74, 6) is 1.26. The van der Waals surface area contributed by atoms with Crippen LogP contribution in [-0.2, 0) is 7.05 Å². The van der Waals surface area contributed by atoms with E-state index in [2.05, 4.69) is 10.1 Å². The van der Waals surface area contributed by atoms with Crippen molar-refractivity contribution in [2.24, 2.45) is 7.05 Å². The van der Waals surface area contributed by atoms with Crippen molar-refractivity contribution in [2.75, 3.05) is 6.61 Å². The van der Waals surface area contributed by atoms with Crippen molar-refractivity contribution >= 4 is 10.9 Å². The molecule has 6 nitrogen and oxygen atoms in total. The third-order valence-corrected chi connectivity index (χ3v) is 4.18. The second kappa shape index (κ2) is 6.48. The van der Waals surface area contributed by atoms with Crippen LogP contribution >= 0.6 is 0 Å². The summed E-state index contributed by atoms with van der Waals surface area (Å²) in [6.45, 7) is 2.45. The molecule has 0 amide bonds. The first-order chi connectivity index (χ1) is 12.7. The summed E-state index contributed by atoms with van der Waals surface area (Å²) in [5.41, 5.74) is 1.82. The van der Waals surface area contributed by atoms with Crippen LogP contribution in [0.2, 0.25) is 0 Å². The molecule has 0 unspecified atom stereocenters. The minimum Gasteiger partial charge on any atom is -0.493 e. The standard InChI is InChI=1S/C20H17N3O3/c1-3-25-17-11-7-5-9-14(17)19-21-20(26-22-19)15-12-23(2)16-10-6-4-8-13(16)18(15)24/h4-12H,3H2,1-2H3. The van der Waals surface area contributed by atoms with Gasteiger partial charge < -0.3 is 13.8 Å². The summed E-state index contributed by atoms with van der Waals surface area (Å²) >= 11 is 0. The molecular weight excluding hydrogens is 330 g/mol. The Bertz CT molecular complexity index is 1140. The van der Waals surface area contributed by atoms with E-state index in [0.29, 0.717) is 29.1 Å². The number of aromatic nitrogens is 3. The largest absolute Gasteiger partial charge is 0.493 e. The van der Waals surface area contributed by atoms with Crippen LogP contribution in [0.4, 0.5) is 0 Å². The highest BCUT2D eigenvalue weighted by atomic mass is 16.5. The van der Waals surface area contributed by atoms with E-state index in [9.17, 15) is 4.79 Å². The first kappa shape index (κ1) is 16.1. The molecule has 0 saturated carbocycles. The minimum absolute atomic E-state index is 0.132. The Kier molecular flexibility index (Phi) is 4.01. The van der Waals surface area contributed by atoms with E-state index in [1.807, 2.05) is 61.0 Å². The molecule has 0 atom stereocenters. The Morgan fingerprint density at radius 3 is 2.69 bits per heavy atom. The van der Waals surface area contributed by atoms with E-state index < -0.39 is 0 Å². The van der Waals surface area contributed by atoms with Crippen LogP contribution in [0.5, 0.6) is 5.75 Å². The van der Waals surface area contributed by atoms with Crippen molar-refractivity contribution in [1.29, 1.82) is 0 Å². The van der Waals surface area contributed by atoms with Crippen molar-refractivity contribution in [3.8, 4) is 28.6 Å². The highest BCUT2D eigenvalue weighted by Gasteiger charge is 2.18. The van der Waals surface area contributed by atoms with E-state index >= 15 is 0 Å². The fourth-order valence-corrected chi connectivity index (χ4v) is 2.97. The molecule has 0 bridgehead atoms. The summed E-state index contributed by atoms with van der Waals surface area (Å²) in [6, 6.07) is 14.9. The van der Waals surface area contributed by atoms with E-state index in [-0.39, 0.29) is 11.3 Å². The van der Waals surface area contributed by atoms with Gasteiger partial charge in [-0.1, -0.05) is 29.4 Å². The first-order valence-corrected chi connectivity index (χ1v) is 8.33. The van der Waals surface area contributed by atoms with Gasteiger partial charge in [-0.15, -0.1) is 0 Å².